The molecule has 8 nitrogen and oxygen atoms in total. The molecule has 3 rings (SSSR count). The number of carbonyl (C=O) groups is 1. The molecule has 3 N–H and O–H groups in total. The summed E-state index contributed by atoms with van der Waals surface area (Å²) in [6.45, 7) is 2.19. The minimum absolute atomic E-state index is 0.110. The van der Waals surface area contributed by atoms with Crippen molar-refractivity contribution in [2.75, 3.05) is 45.0 Å². The summed E-state index contributed by atoms with van der Waals surface area (Å²) in [7, 11) is 3.59. The van der Waals surface area contributed by atoms with Crippen molar-refractivity contribution >= 4 is 50.2 Å². The van der Waals surface area contributed by atoms with Crippen LogP contribution in [0.2, 0.25) is 0 Å². The van der Waals surface area contributed by atoms with E-state index in [-0.39, 0.29) is 5.71 Å². The van der Waals surface area contributed by atoms with Gasteiger partial charge in [0.25, 0.3) is 5.91 Å². The summed E-state index contributed by atoms with van der Waals surface area (Å²) in [5, 5.41) is 14.4. The van der Waals surface area contributed by atoms with Crippen LogP contribution in [0.1, 0.15) is 18.4 Å². The second kappa shape index (κ2) is 12.5. The number of anilines is 1. The highest BCUT2D eigenvalue weighted by Gasteiger charge is 2.15. The van der Waals surface area contributed by atoms with E-state index in [0.717, 1.165) is 36.6 Å². The molecule has 0 aliphatic heterocycles. The third-order valence-corrected chi connectivity index (χ3v) is 6.38. The average molecular weight is 474 g/mol. The molecule has 1 aromatic carbocycles. The van der Waals surface area contributed by atoms with Crippen molar-refractivity contribution in [3.63, 3.8) is 0 Å². The number of rotatable bonds is 13. The molecule has 32 heavy (non-hydrogen) atoms. The summed E-state index contributed by atoms with van der Waals surface area (Å²) in [6.07, 6.45) is 1.86. The van der Waals surface area contributed by atoms with Gasteiger partial charge in [0.15, 0.2) is 5.13 Å². The molecule has 0 radical (unpaired) electrons. The fraction of sp³-hybridized carbons (Fsp3) is 0.364. The molecule has 0 atom stereocenters. The van der Waals surface area contributed by atoms with Gasteiger partial charge in [0.1, 0.15) is 16.1 Å². The Bertz CT molecular complexity index is 1040. The fourth-order valence-corrected chi connectivity index (χ4v) is 4.41. The second-order valence-corrected chi connectivity index (χ2v) is 8.99. The van der Waals surface area contributed by atoms with Gasteiger partial charge < -0.3 is 14.8 Å². The van der Waals surface area contributed by atoms with Crippen LogP contribution in [0.5, 0.6) is 5.88 Å². The number of pyridine rings is 1. The lowest BCUT2D eigenvalue weighted by Gasteiger charge is -2.06. The fourth-order valence-electron chi connectivity index (χ4n) is 2.76. The highest BCUT2D eigenvalue weighted by molar-refractivity contribution is 7.99. The minimum atomic E-state index is -0.506. The molecule has 0 fully saturated rings. The molecule has 1 amide bonds. The van der Waals surface area contributed by atoms with Gasteiger partial charge in [-0.2, -0.15) is 0 Å². The Labute approximate surface area is 195 Å². The molecule has 10 heteroatoms. The van der Waals surface area contributed by atoms with E-state index in [4.69, 9.17) is 14.9 Å². The Morgan fingerprint density at radius 2 is 1.94 bits per heavy atom. The van der Waals surface area contributed by atoms with E-state index in [1.165, 1.54) is 11.3 Å². The molecule has 0 bridgehead atoms. The molecule has 170 valence electrons. The zero-order valence-corrected chi connectivity index (χ0v) is 19.8. The first-order valence-corrected chi connectivity index (χ1v) is 12.1. The molecule has 2 aromatic heterocycles. The van der Waals surface area contributed by atoms with Gasteiger partial charge in [-0.15, -0.1) is 11.8 Å². The Morgan fingerprint density at radius 1 is 1.12 bits per heavy atom. The van der Waals surface area contributed by atoms with Crippen LogP contribution in [-0.2, 0) is 9.53 Å². The first-order chi connectivity index (χ1) is 15.6. The van der Waals surface area contributed by atoms with Gasteiger partial charge in [-0.05, 0) is 44.6 Å². The number of nitrogens with one attached hydrogen (secondary N) is 3. The summed E-state index contributed by atoms with van der Waals surface area (Å²) in [4.78, 5) is 23.2. The number of thiazole rings is 1. The summed E-state index contributed by atoms with van der Waals surface area (Å²) in [5.41, 5.74) is 1.12. The predicted molar refractivity (Wildman–Crippen MR) is 131 cm³/mol. The van der Waals surface area contributed by atoms with E-state index in [1.54, 1.807) is 37.1 Å². The highest BCUT2D eigenvalue weighted by atomic mass is 32.2. The van der Waals surface area contributed by atoms with Gasteiger partial charge in [0.05, 0.1) is 6.61 Å². The van der Waals surface area contributed by atoms with Gasteiger partial charge in [-0.25, -0.2) is 9.97 Å². The molecule has 3 aromatic rings. The molecule has 0 aliphatic carbocycles. The Morgan fingerprint density at radius 3 is 2.69 bits per heavy atom. The Balaban J connectivity index is 1.56. The number of hydrogen-bond acceptors (Lipinski definition) is 9. The van der Waals surface area contributed by atoms with Gasteiger partial charge in [0, 0.05) is 36.0 Å². The summed E-state index contributed by atoms with van der Waals surface area (Å²) < 4.78 is 10.7. The van der Waals surface area contributed by atoms with Crippen molar-refractivity contribution in [2.24, 2.45) is 0 Å². The third kappa shape index (κ3) is 6.99. The van der Waals surface area contributed by atoms with Crippen LogP contribution in [0.3, 0.4) is 0 Å². The Hall–Kier alpha value is -2.53. The van der Waals surface area contributed by atoms with Gasteiger partial charge >= 0.3 is 0 Å². The number of fused-ring (bicyclic) bond motifs is 1. The standard InChI is InChI=1S/C22H27N5O3S2/c1-24-11-3-13-30-18-10-9-17-21(26-18)32-22(25-17)27-20(28)19(23)15-5-7-16(8-6-15)31-14-4-12-29-2/h5-10,23-24H,3-4,11-14H2,1-2H3,(H,25,27,28). The second-order valence-electron chi connectivity index (χ2n) is 6.85. The van der Waals surface area contributed by atoms with Crippen LogP contribution in [0.4, 0.5) is 5.13 Å². The van der Waals surface area contributed by atoms with E-state index < -0.39 is 5.91 Å². The predicted octanol–water partition coefficient (Wildman–Crippen LogP) is 3.81. The number of aromatic nitrogens is 2. The van der Waals surface area contributed by atoms with E-state index >= 15 is 0 Å². The molecule has 2 heterocycles. The summed E-state index contributed by atoms with van der Waals surface area (Å²) in [5.74, 6) is 0.982. The number of thioether (sulfide) groups is 1. The van der Waals surface area contributed by atoms with Crippen molar-refractivity contribution in [3.8, 4) is 5.88 Å². The van der Waals surface area contributed by atoms with Crippen molar-refractivity contribution in [2.45, 2.75) is 17.7 Å². The largest absolute Gasteiger partial charge is 0.478 e. The molecule has 0 saturated carbocycles. The lowest BCUT2D eigenvalue weighted by atomic mass is 10.1. The lowest BCUT2D eigenvalue weighted by molar-refractivity contribution is -0.110. The topological polar surface area (TPSA) is 109 Å². The van der Waals surface area contributed by atoms with Crippen LogP contribution >= 0.6 is 23.1 Å². The molecule has 0 spiro atoms. The SMILES string of the molecule is CNCCCOc1ccc2nc(NC(=O)C(=N)c3ccc(SCCCOC)cc3)sc2n1. The highest BCUT2D eigenvalue weighted by Crippen LogP contribution is 2.26. The van der Waals surface area contributed by atoms with Crippen LogP contribution in [0.25, 0.3) is 10.3 Å². The smallest absolute Gasteiger partial charge is 0.275 e. The van der Waals surface area contributed by atoms with E-state index in [0.29, 0.717) is 33.5 Å². The maximum Gasteiger partial charge on any atom is 0.275 e. The lowest BCUT2D eigenvalue weighted by Crippen LogP contribution is -2.22. The number of benzene rings is 1. The first-order valence-electron chi connectivity index (χ1n) is 10.3. The van der Waals surface area contributed by atoms with Crippen LogP contribution in [0.15, 0.2) is 41.3 Å². The van der Waals surface area contributed by atoms with E-state index in [1.807, 2.05) is 25.2 Å². The average Bonchev–Trinajstić information content (AvgIpc) is 3.21. The van der Waals surface area contributed by atoms with Gasteiger partial charge in [0.2, 0.25) is 5.88 Å². The molecular weight excluding hydrogens is 446 g/mol. The monoisotopic (exact) mass is 473 g/mol. The van der Waals surface area contributed by atoms with Crippen molar-refractivity contribution in [1.29, 1.82) is 5.41 Å². The molecule has 0 saturated heterocycles. The number of methoxy groups -OCH3 is 1. The molecule has 0 aliphatic rings. The minimum Gasteiger partial charge on any atom is -0.478 e. The number of carbonyl (C=O) groups excluding carboxylic acids is 1. The van der Waals surface area contributed by atoms with Gasteiger partial charge in [-0.1, -0.05) is 23.5 Å². The number of ether oxygens (including phenoxy) is 2. The van der Waals surface area contributed by atoms with Gasteiger partial charge in [-0.3, -0.25) is 15.5 Å². The third-order valence-electron chi connectivity index (χ3n) is 4.40. The van der Waals surface area contributed by atoms with Crippen LogP contribution in [0, 0.1) is 5.41 Å². The first kappa shape index (κ1) is 24.1. The van der Waals surface area contributed by atoms with E-state index in [2.05, 4.69) is 20.6 Å². The Kier molecular flexibility index (Phi) is 9.42. The maximum atomic E-state index is 12.5. The number of amides is 1. The van der Waals surface area contributed by atoms with E-state index in [9.17, 15) is 4.79 Å². The summed E-state index contributed by atoms with van der Waals surface area (Å²) in [6, 6.07) is 11.0. The summed E-state index contributed by atoms with van der Waals surface area (Å²) >= 11 is 2.98. The molecular formula is C22H27N5O3S2. The van der Waals surface area contributed by atoms with Crippen LogP contribution < -0.4 is 15.4 Å². The van der Waals surface area contributed by atoms with Crippen molar-refractivity contribution in [3.05, 3.63) is 42.0 Å². The normalized spacial score (nSPS) is 10.9. The number of hydrogen-bond donors (Lipinski definition) is 3. The zero-order chi connectivity index (χ0) is 22.8. The van der Waals surface area contributed by atoms with Crippen molar-refractivity contribution < 1.29 is 14.3 Å². The van der Waals surface area contributed by atoms with Crippen molar-refractivity contribution in [1.82, 2.24) is 15.3 Å². The maximum absolute atomic E-state index is 12.5. The van der Waals surface area contributed by atoms with Crippen LogP contribution in [-0.4, -0.2) is 61.3 Å². The number of nitrogens with zero attached hydrogens (tertiary/aromatic N) is 2. The quantitative estimate of drug-likeness (QED) is 0.197. The zero-order valence-electron chi connectivity index (χ0n) is 18.1. The molecule has 0 unspecified atom stereocenters.